The van der Waals surface area contributed by atoms with Gasteiger partial charge in [0.05, 0.1) is 16.4 Å². The molecule has 0 spiro atoms. The van der Waals surface area contributed by atoms with E-state index >= 15 is 0 Å². The number of benzene rings is 1. The van der Waals surface area contributed by atoms with Gasteiger partial charge in [-0.1, -0.05) is 17.7 Å². The smallest absolute Gasteiger partial charge is 0.255 e. The van der Waals surface area contributed by atoms with E-state index in [0.717, 1.165) is 0 Å². The first-order valence-electron chi connectivity index (χ1n) is 4.67. The molecule has 0 aliphatic carbocycles. The van der Waals surface area contributed by atoms with Crippen molar-refractivity contribution >= 4 is 24.0 Å². The summed E-state index contributed by atoms with van der Waals surface area (Å²) in [6.07, 6.45) is 1.67. The summed E-state index contributed by atoms with van der Waals surface area (Å²) in [6, 6.07) is 10.1. The number of nitrogens with zero attached hydrogens (tertiary/aromatic N) is 2. The van der Waals surface area contributed by atoms with Crippen LogP contribution in [0.25, 0.3) is 5.69 Å². The third-order valence-electron chi connectivity index (χ3n) is 2.20. The Morgan fingerprint density at radius 2 is 2.06 bits per heavy atom. The quantitative estimate of drug-likeness (QED) is 0.734. The molecule has 0 aliphatic heterocycles. The van der Waals surface area contributed by atoms with Gasteiger partial charge >= 0.3 is 0 Å². The summed E-state index contributed by atoms with van der Waals surface area (Å²) >= 11 is 6.07. The van der Waals surface area contributed by atoms with Crippen LogP contribution < -0.4 is 5.56 Å². The highest BCUT2D eigenvalue weighted by molar-refractivity contribution is 6.32. The predicted molar refractivity (Wildman–Crippen MR) is 66.3 cm³/mol. The molecule has 0 fully saturated rings. The maximum atomic E-state index is 11.6. The number of aliphatic imine (C=N–C) groups is 1. The molecule has 4 heteroatoms. The third kappa shape index (κ3) is 1.90. The average Bonchev–Trinajstić information content (AvgIpc) is 2.30. The Bertz CT molecular complexity index is 590. The number of rotatable bonds is 2. The molecular formula is C12H9ClN2O. The van der Waals surface area contributed by atoms with Gasteiger partial charge in [-0.05, 0) is 31.0 Å². The predicted octanol–water partition coefficient (Wildman–Crippen LogP) is 2.82. The molecule has 0 amide bonds. The van der Waals surface area contributed by atoms with Gasteiger partial charge in [0, 0.05) is 12.3 Å². The van der Waals surface area contributed by atoms with Crippen molar-refractivity contribution in [1.29, 1.82) is 0 Å². The molecule has 0 unspecified atom stereocenters. The molecule has 3 nitrogen and oxygen atoms in total. The Kier molecular flexibility index (Phi) is 2.88. The normalized spacial score (nSPS) is 10.1. The Morgan fingerprint density at radius 3 is 2.69 bits per heavy atom. The molecule has 1 aromatic carbocycles. The molecule has 0 atom stereocenters. The van der Waals surface area contributed by atoms with Crippen molar-refractivity contribution in [3.63, 3.8) is 0 Å². The molecule has 0 saturated heterocycles. The minimum atomic E-state index is -0.122. The van der Waals surface area contributed by atoms with Crippen LogP contribution in [0, 0.1) is 0 Å². The summed E-state index contributed by atoms with van der Waals surface area (Å²) in [5.74, 6) is 0. The Hall–Kier alpha value is -1.87. The number of hydrogen-bond donors (Lipinski definition) is 0. The molecule has 0 saturated carbocycles. The minimum Gasteiger partial charge on any atom is -0.283 e. The molecule has 2 rings (SSSR count). The second-order valence-corrected chi connectivity index (χ2v) is 3.61. The van der Waals surface area contributed by atoms with Gasteiger partial charge in [0.2, 0.25) is 0 Å². The maximum Gasteiger partial charge on any atom is 0.255 e. The molecule has 0 bridgehead atoms. The number of halogens is 1. The van der Waals surface area contributed by atoms with Gasteiger partial charge in [-0.2, -0.15) is 0 Å². The standard InChI is InChI=1S/C12H9ClN2O/c1-14-9-5-6-11(10(13)8-9)15-7-3-2-4-12(15)16/h2-8H,1H2. The van der Waals surface area contributed by atoms with Gasteiger partial charge in [-0.25, -0.2) is 0 Å². The second kappa shape index (κ2) is 4.33. The zero-order chi connectivity index (χ0) is 11.5. The molecule has 0 aliphatic rings. The first kappa shape index (κ1) is 10.6. The van der Waals surface area contributed by atoms with E-state index in [1.165, 1.54) is 10.6 Å². The van der Waals surface area contributed by atoms with Gasteiger partial charge < -0.3 is 0 Å². The van der Waals surface area contributed by atoms with Gasteiger partial charge in [-0.3, -0.25) is 14.4 Å². The van der Waals surface area contributed by atoms with Crippen molar-refractivity contribution in [1.82, 2.24) is 4.57 Å². The van der Waals surface area contributed by atoms with Gasteiger partial charge in [-0.15, -0.1) is 0 Å². The topological polar surface area (TPSA) is 34.4 Å². The van der Waals surface area contributed by atoms with Crippen molar-refractivity contribution in [2.75, 3.05) is 0 Å². The van der Waals surface area contributed by atoms with Gasteiger partial charge in [0.25, 0.3) is 5.56 Å². The lowest BCUT2D eigenvalue weighted by Gasteiger charge is -2.07. The molecule has 16 heavy (non-hydrogen) atoms. The van der Waals surface area contributed by atoms with Crippen LogP contribution in [0.5, 0.6) is 0 Å². The largest absolute Gasteiger partial charge is 0.283 e. The SMILES string of the molecule is C=Nc1ccc(-n2ccccc2=O)c(Cl)c1. The van der Waals surface area contributed by atoms with Crippen molar-refractivity contribution in [2.45, 2.75) is 0 Å². The van der Waals surface area contributed by atoms with E-state index in [0.29, 0.717) is 16.4 Å². The first-order chi connectivity index (χ1) is 7.72. The van der Waals surface area contributed by atoms with E-state index in [9.17, 15) is 4.79 Å². The summed E-state index contributed by atoms with van der Waals surface area (Å²) in [6.45, 7) is 3.41. The lowest BCUT2D eigenvalue weighted by atomic mass is 10.2. The Morgan fingerprint density at radius 1 is 1.25 bits per heavy atom. The molecule has 2 aromatic rings. The Balaban J connectivity index is 2.62. The van der Waals surface area contributed by atoms with Crippen LogP contribution in [0.1, 0.15) is 0 Å². The molecule has 0 radical (unpaired) electrons. The summed E-state index contributed by atoms with van der Waals surface area (Å²) in [4.78, 5) is 15.4. The van der Waals surface area contributed by atoms with Crippen molar-refractivity contribution < 1.29 is 0 Å². The number of pyridine rings is 1. The van der Waals surface area contributed by atoms with Crippen LogP contribution >= 0.6 is 11.6 Å². The van der Waals surface area contributed by atoms with Gasteiger partial charge in [0.15, 0.2) is 0 Å². The first-order valence-corrected chi connectivity index (χ1v) is 5.04. The molecular weight excluding hydrogens is 224 g/mol. The van der Waals surface area contributed by atoms with Crippen LogP contribution in [0.2, 0.25) is 5.02 Å². The summed E-state index contributed by atoms with van der Waals surface area (Å²) in [5, 5.41) is 0.471. The van der Waals surface area contributed by atoms with Crippen molar-refractivity contribution in [3.05, 3.63) is 58.0 Å². The zero-order valence-corrected chi connectivity index (χ0v) is 9.19. The molecule has 0 N–H and O–H groups in total. The van der Waals surface area contributed by atoms with Crippen LogP contribution in [-0.2, 0) is 0 Å². The fourth-order valence-electron chi connectivity index (χ4n) is 1.42. The highest BCUT2D eigenvalue weighted by atomic mass is 35.5. The van der Waals surface area contributed by atoms with E-state index in [1.807, 2.05) is 0 Å². The fraction of sp³-hybridized carbons (Fsp3) is 0. The minimum absolute atomic E-state index is 0.122. The fourth-order valence-corrected chi connectivity index (χ4v) is 1.68. The van der Waals surface area contributed by atoms with Crippen LogP contribution in [-0.4, -0.2) is 11.3 Å². The summed E-state index contributed by atoms with van der Waals surface area (Å²) < 4.78 is 1.48. The Labute approximate surface area is 97.6 Å². The van der Waals surface area contributed by atoms with E-state index in [1.54, 1.807) is 36.5 Å². The lowest BCUT2D eigenvalue weighted by Crippen LogP contribution is -2.15. The van der Waals surface area contributed by atoms with E-state index in [-0.39, 0.29) is 5.56 Å². The number of hydrogen-bond acceptors (Lipinski definition) is 2. The highest BCUT2D eigenvalue weighted by Crippen LogP contribution is 2.24. The van der Waals surface area contributed by atoms with Crippen molar-refractivity contribution in [2.24, 2.45) is 4.99 Å². The second-order valence-electron chi connectivity index (χ2n) is 3.20. The monoisotopic (exact) mass is 232 g/mol. The van der Waals surface area contributed by atoms with E-state index < -0.39 is 0 Å². The van der Waals surface area contributed by atoms with Crippen LogP contribution in [0.3, 0.4) is 0 Å². The van der Waals surface area contributed by atoms with E-state index in [2.05, 4.69) is 11.7 Å². The van der Waals surface area contributed by atoms with Crippen molar-refractivity contribution in [3.8, 4) is 5.69 Å². The summed E-state index contributed by atoms with van der Waals surface area (Å²) in [7, 11) is 0. The number of aromatic nitrogens is 1. The third-order valence-corrected chi connectivity index (χ3v) is 2.50. The van der Waals surface area contributed by atoms with Crippen LogP contribution in [0.15, 0.2) is 52.4 Å². The van der Waals surface area contributed by atoms with E-state index in [4.69, 9.17) is 11.6 Å². The lowest BCUT2D eigenvalue weighted by molar-refractivity contribution is 0.991. The molecule has 1 aromatic heterocycles. The highest BCUT2D eigenvalue weighted by Gasteiger charge is 2.04. The maximum absolute atomic E-state index is 11.6. The summed E-state index contributed by atoms with van der Waals surface area (Å²) in [5.41, 5.74) is 1.20. The molecule has 80 valence electrons. The average molecular weight is 233 g/mol. The zero-order valence-electron chi connectivity index (χ0n) is 8.43. The van der Waals surface area contributed by atoms with Crippen LogP contribution in [0.4, 0.5) is 5.69 Å². The molecule has 1 heterocycles. The van der Waals surface area contributed by atoms with Gasteiger partial charge in [0.1, 0.15) is 0 Å².